The molecule has 1 aliphatic rings. The van der Waals surface area contributed by atoms with E-state index in [2.05, 4.69) is 5.32 Å². The van der Waals surface area contributed by atoms with Crippen molar-refractivity contribution < 1.29 is 27.1 Å². The van der Waals surface area contributed by atoms with Crippen molar-refractivity contribution in [1.82, 2.24) is 9.62 Å². The first-order valence-corrected chi connectivity index (χ1v) is 11.6. The van der Waals surface area contributed by atoms with Gasteiger partial charge in [-0.05, 0) is 61.7 Å². The van der Waals surface area contributed by atoms with Crippen LogP contribution in [0.2, 0.25) is 0 Å². The molecule has 1 heterocycles. The van der Waals surface area contributed by atoms with Gasteiger partial charge in [0.05, 0.1) is 18.6 Å². The van der Waals surface area contributed by atoms with E-state index in [4.69, 9.17) is 9.47 Å². The van der Waals surface area contributed by atoms with Crippen LogP contribution < -0.4 is 14.8 Å². The summed E-state index contributed by atoms with van der Waals surface area (Å²) < 4.78 is 51.2. The molecule has 7 nitrogen and oxygen atoms in total. The summed E-state index contributed by atoms with van der Waals surface area (Å²) in [7, 11) is -2.23. The Bertz CT molecular complexity index is 1000. The Morgan fingerprint density at radius 3 is 2.42 bits per heavy atom. The van der Waals surface area contributed by atoms with Gasteiger partial charge in [-0.3, -0.25) is 4.79 Å². The molecule has 0 saturated carbocycles. The lowest BCUT2D eigenvalue weighted by Crippen LogP contribution is -2.42. The van der Waals surface area contributed by atoms with Crippen LogP contribution in [0.5, 0.6) is 11.5 Å². The second kappa shape index (κ2) is 10.1. The number of carbonyl (C=O) groups is 1. The first-order valence-electron chi connectivity index (χ1n) is 10.2. The lowest BCUT2D eigenvalue weighted by Gasteiger charge is -2.30. The summed E-state index contributed by atoms with van der Waals surface area (Å²) in [6, 6.07) is 10.9. The number of hydrogen-bond donors (Lipinski definition) is 1. The number of methoxy groups -OCH3 is 1. The quantitative estimate of drug-likeness (QED) is 0.669. The second-order valence-corrected chi connectivity index (χ2v) is 9.21. The van der Waals surface area contributed by atoms with E-state index in [1.54, 1.807) is 18.2 Å². The maximum absolute atomic E-state index is 13.8. The molecule has 0 spiro atoms. The minimum absolute atomic E-state index is 0.149. The van der Waals surface area contributed by atoms with Crippen LogP contribution in [-0.4, -0.2) is 45.4 Å². The Labute approximate surface area is 182 Å². The van der Waals surface area contributed by atoms with Crippen LogP contribution in [0.1, 0.15) is 25.3 Å². The van der Waals surface area contributed by atoms with Crippen molar-refractivity contribution in [2.75, 3.05) is 26.8 Å². The normalized spacial score (nSPS) is 15.5. The number of ether oxygens (including phenoxy) is 2. The maximum atomic E-state index is 13.8. The van der Waals surface area contributed by atoms with Crippen molar-refractivity contribution in [3.05, 3.63) is 53.8 Å². The monoisotopic (exact) mass is 450 g/mol. The Morgan fingerprint density at radius 1 is 1.16 bits per heavy atom. The SMILES string of the molecule is CCOc1ccc(S(=O)(=O)N2CCC(C(=O)NCc3ccc(OC)c(F)c3)CC2)cc1. The van der Waals surface area contributed by atoms with E-state index >= 15 is 0 Å². The molecule has 1 amide bonds. The van der Waals surface area contributed by atoms with Gasteiger partial charge >= 0.3 is 0 Å². The van der Waals surface area contributed by atoms with Crippen LogP contribution in [0.15, 0.2) is 47.4 Å². The predicted molar refractivity (Wildman–Crippen MR) is 114 cm³/mol. The summed E-state index contributed by atoms with van der Waals surface area (Å²) in [6.45, 7) is 3.11. The van der Waals surface area contributed by atoms with Crippen LogP contribution in [0.25, 0.3) is 0 Å². The highest BCUT2D eigenvalue weighted by Gasteiger charge is 2.32. The van der Waals surface area contributed by atoms with E-state index < -0.39 is 15.8 Å². The Kier molecular flexibility index (Phi) is 7.50. The van der Waals surface area contributed by atoms with Gasteiger partial charge in [0.1, 0.15) is 5.75 Å². The third kappa shape index (κ3) is 5.54. The molecule has 1 saturated heterocycles. The molecule has 1 fully saturated rings. The summed E-state index contributed by atoms with van der Waals surface area (Å²) in [5.41, 5.74) is 0.627. The number of nitrogens with zero attached hydrogens (tertiary/aromatic N) is 1. The maximum Gasteiger partial charge on any atom is 0.243 e. The van der Waals surface area contributed by atoms with Gasteiger partial charge in [0, 0.05) is 25.6 Å². The molecule has 3 rings (SSSR count). The van der Waals surface area contributed by atoms with Gasteiger partial charge in [-0.15, -0.1) is 0 Å². The fourth-order valence-corrected chi connectivity index (χ4v) is 5.00. The summed E-state index contributed by atoms with van der Waals surface area (Å²) in [6.07, 6.45) is 0.859. The van der Waals surface area contributed by atoms with E-state index in [9.17, 15) is 17.6 Å². The third-order valence-electron chi connectivity index (χ3n) is 5.28. The molecule has 2 aromatic rings. The highest BCUT2D eigenvalue weighted by Crippen LogP contribution is 2.25. The van der Waals surface area contributed by atoms with E-state index in [1.165, 1.54) is 35.7 Å². The minimum atomic E-state index is -3.62. The smallest absolute Gasteiger partial charge is 0.243 e. The highest BCUT2D eigenvalue weighted by molar-refractivity contribution is 7.89. The molecular weight excluding hydrogens is 423 g/mol. The number of amides is 1. The lowest BCUT2D eigenvalue weighted by atomic mass is 9.97. The van der Waals surface area contributed by atoms with E-state index in [0.29, 0.717) is 30.8 Å². The molecule has 168 valence electrons. The predicted octanol–water partition coefficient (Wildman–Crippen LogP) is 2.95. The summed E-state index contributed by atoms with van der Waals surface area (Å²) >= 11 is 0. The largest absolute Gasteiger partial charge is 0.494 e. The minimum Gasteiger partial charge on any atom is -0.494 e. The standard InChI is InChI=1S/C22H27FN2O5S/c1-3-30-18-5-7-19(8-6-18)31(27,28)25-12-10-17(11-13-25)22(26)24-15-16-4-9-21(29-2)20(23)14-16/h4-9,14,17H,3,10-13,15H2,1-2H3,(H,24,26). The lowest BCUT2D eigenvalue weighted by molar-refractivity contribution is -0.126. The molecule has 1 N–H and O–H groups in total. The summed E-state index contributed by atoms with van der Waals surface area (Å²) in [5, 5.41) is 2.81. The molecule has 0 atom stereocenters. The van der Waals surface area contributed by atoms with Crippen molar-refractivity contribution in [1.29, 1.82) is 0 Å². The number of hydrogen-bond acceptors (Lipinski definition) is 5. The van der Waals surface area contributed by atoms with Crippen molar-refractivity contribution in [3.63, 3.8) is 0 Å². The van der Waals surface area contributed by atoms with Crippen molar-refractivity contribution in [2.24, 2.45) is 5.92 Å². The average molecular weight is 451 g/mol. The Balaban J connectivity index is 1.53. The second-order valence-electron chi connectivity index (χ2n) is 7.27. The van der Waals surface area contributed by atoms with Crippen LogP contribution >= 0.6 is 0 Å². The summed E-state index contributed by atoms with van der Waals surface area (Å²) in [4.78, 5) is 12.7. The topological polar surface area (TPSA) is 84.9 Å². The van der Waals surface area contributed by atoms with E-state index in [0.717, 1.165) is 0 Å². The van der Waals surface area contributed by atoms with Crippen LogP contribution in [0, 0.1) is 11.7 Å². The third-order valence-corrected chi connectivity index (χ3v) is 7.19. The number of rotatable bonds is 8. The Hall–Kier alpha value is -2.65. The molecule has 1 aliphatic heterocycles. The highest BCUT2D eigenvalue weighted by atomic mass is 32.2. The molecule has 31 heavy (non-hydrogen) atoms. The molecular formula is C22H27FN2O5S. The zero-order valence-corrected chi connectivity index (χ0v) is 18.5. The van der Waals surface area contributed by atoms with Gasteiger partial charge < -0.3 is 14.8 Å². The summed E-state index contributed by atoms with van der Waals surface area (Å²) in [5.74, 6) is -0.156. The molecule has 0 radical (unpaired) electrons. The molecule has 0 aromatic heterocycles. The van der Waals surface area contributed by atoms with Crippen LogP contribution in [0.4, 0.5) is 4.39 Å². The number of nitrogens with one attached hydrogen (secondary N) is 1. The van der Waals surface area contributed by atoms with E-state index in [1.807, 2.05) is 6.92 Å². The number of piperidine rings is 1. The fourth-order valence-electron chi connectivity index (χ4n) is 3.54. The van der Waals surface area contributed by atoms with Crippen molar-refractivity contribution in [3.8, 4) is 11.5 Å². The number of halogens is 1. The molecule has 0 aliphatic carbocycles. The molecule has 2 aromatic carbocycles. The van der Waals surface area contributed by atoms with Gasteiger partial charge in [-0.1, -0.05) is 6.07 Å². The molecule has 9 heteroatoms. The first-order chi connectivity index (χ1) is 14.8. The number of carbonyl (C=O) groups excluding carboxylic acids is 1. The van der Waals surface area contributed by atoms with Crippen molar-refractivity contribution >= 4 is 15.9 Å². The Morgan fingerprint density at radius 2 is 1.84 bits per heavy atom. The van der Waals surface area contributed by atoms with E-state index in [-0.39, 0.29) is 42.1 Å². The molecule has 0 unspecified atom stereocenters. The zero-order valence-electron chi connectivity index (χ0n) is 17.6. The molecule has 0 bridgehead atoms. The number of sulfonamides is 1. The van der Waals surface area contributed by atoms with Crippen molar-refractivity contribution in [2.45, 2.75) is 31.2 Å². The van der Waals surface area contributed by atoms with Crippen LogP contribution in [-0.2, 0) is 21.4 Å². The van der Waals surface area contributed by atoms with Gasteiger partial charge in [-0.2, -0.15) is 4.31 Å². The first kappa shape index (κ1) is 23.0. The van der Waals surface area contributed by atoms with Gasteiger partial charge in [0.25, 0.3) is 0 Å². The average Bonchev–Trinajstić information content (AvgIpc) is 2.78. The number of benzene rings is 2. The van der Waals surface area contributed by atoms with Gasteiger partial charge in [0.2, 0.25) is 15.9 Å². The van der Waals surface area contributed by atoms with Crippen LogP contribution in [0.3, 0.4) is 0 Å². The fraction of sp³-hybridized carbons (Fsp3) is 0.409. The van der Waals surface area contributed by atoms with Gasteiger partial charge in [0.15, 0.2) is 11.6 Å². The zero-order chi connectivity index (χ0) is 22.4. The van der Waals surface area contributed by atoms with Gasteiger partial charge in [-0.25, -0.2) is 12.8 Å².